The van der Waals surface area contributed by atoms with Crippen molar-refractivity contribution in [2.45, 2.75) is 12.7 Å². The van der Waals surface area contributed by atoms with Gasteiger partial charge in [-0.25, -0.2) is 4.98 Å². The van der Waals surface area contributed by atoms with Crippen LogP contribution < -0.4 is 5.32 Å². The molecule has 0 unspecified atom stereocenters. The average molecular weight is 347 g/mol. The third-order valence-electron chi connectivity index (χ3n) is 3.19. The van der Waals surface area contributed by atoms with Crippen LogP contribution in [-0.4, -0.2) is 16.6 Å². The van der Waals surface area contributed by atoms with Gasteiger partial charge < -0.3 is 9.73 Å². The van der Waals surface area contributed by atoms with Gasteiger partial charge in [-0.15, -0.1) is 11.8 Å². The minimum absolute atomic E-state index is 0.0384. The largest absolute Gasteiger partial charge is 0.441 e. The van der Waals surface area contributed by atoms with Crippen molar-refractivity contribution in [1.29, 1.82) is 0 Å². The van der Waals surface area contributed by atoms with Gasteiger partial charge in [-0.3, -0.25) is 4.79 Å². The van der Waals surface area contributed by atoms with Crippen molar-refractivity contribution >= 4 is 46.1 Å². The lowest BCUT2D eigenvalue weighted by atomic mass is 10.2. The summed E-state index contributed by atoms with van der Waals surface area (Å²) in [4.78, 5) is 16.3. The predicted octanol–water partition coefficient (Wildman–Crippen LogP) is 4.66. The fourth-order valence-corrected chi connectivity index (χ4v) is 3.07. The van der Waals surface area contributed by atoms with Gasteiger partial charge in [0.15, 0.2) is 11.5 Å². The Bertz CT molecular complexity index is 830. The number of amides is 1. The van der Waals surface area contributed by atoms with E-state index in [4.69, 9.17) is 16.0 Å². The molecule has 0 saturated heterocycles. The first-order valence-electron chi connectivity index (χ1n) is 7.09. The number of fused-ring (bicyclic) bond motifs is 1. The van der Waals surface area contributed by atoms with Crippen LogP contribution in [0.2, 0.25) is 5.02 Å². The molecule has 1 N–H and O–H groups in total. The molecular formula is C17H15ClN2O2S. The number of hydrogen-bond acceptors (Lipinski definition) is 4. The van der Waals surface area contributed by atoms with Crippen LogP contribution in [0.15, 0.2) is 46.9 Å². The molecule has 0 fully saturated rings. The van der Waals surface area contributed by atoms with Gasteiger partial charge in [0.25, 0.3) is 0 Å². The van der Waals surface area contributed by atoms with Crippen LogP contribution >= 0.6 is 23.4 Å². The highest BCUT2D eigenvalue weighted by Crippen LogP contribution is 2.20. The number of aromatic nitrogens is 1. The monoisotopic (exact) mass is 346 g/mol. The molecule has 4 nitrogen and oxygen atoms in total. The highest BCUT2D eigenvalue weighted by molar-refractivity contribution is 7.99. The van der Waals surface area contributed by atoms with Crippen LogP contribution in [0.5, 0.6) is 0 Å². The first-order valence-corrected chi connectivity index (χ1v) is 8.63. The molecule has 0 spiro atoms. The Balaban J connectivity index is 1.52. The number of aryl methyl sites for hydroxylation is 1. The Morgan fingerprint density at radius 1 is 1.26 bits per heavy atom. The van der Waals surface area contributed by atoms with Crippen molar-refractivity contribution in [3.8, 4) is 0 Å². The quantitative estimate of drug-likeness (QED) is 0.729. The van der Waals surface area contributed by atoms with Crippen molar-refractivity contribution in [2.24, 2.45) is 0 Å². The number of oxazole rings is 1. The van der Waals surface area contributed by atoms with Crippen LogP contribution in [-0.2, 0) is 10.5 Å². The van der Waals surface area contributed by atoms with Crippen LogP contribution in [0.1, 0.15) is 11.5 Å². The molecule has 0 aliphatic carbocycles. The van der Waals surface area contributed by atoms with Crippen molar-refractivity contribution in [3.05, 3.63) is 58.9 Å². The summed E-state index contributed by atoms with van der Waals surface area (Å²) in [5.41, 5.74) is 3.33. The summed E-state index contributed by atoms with van der Waals surface area (Å²) in [6.07, 6.45) is 0. The van der Waals surface area contributed by atoms with Crippen molar-refractivity contribution in [3.63, 3.8) is 0 Å². The second kappa shape index (κ2) is 7.06. The lowest BCUT2D eigenvalue weighted by Crippen LogP contribution is -2.14. The summed E-state index contributed by atoms with van der Waals surface area (Å²) in [5, 5.41) is 3.59. The molecule has 1 heterocycles. The van der Waals surface area contributed by atoms with Crippen LogP contribution in [0.4, 0.5) is 5.69 Å². The lowest BCUT2D eigenvalue weighted by Gasteiger charge is -2.05. The summed E-state index contributed by atoms with van der Waals surface area (Å²) >= 11 is 7.40. The zero-order chi connectivity index (χ0) is 16.2. The first-order chi connectivity index (χ1) is 11.1. The number of thioether (sulfide) groups is 1. The highest BCUT2D eigenvalue weighted by Gasteiger charge is 2.06. The molecule has 6 heteroatoms. The van der Waals surface area contributed by atoms with E-state index in [0.717, 1.165) is 33.1 Å². The van der Waals surface area contributed by atoms with Crippen molar-refractivity contribution in [1.82, 2.24) is 4.98 Å². The number of halogens is 1. The van der Waals surface area contributed by atoms with E-state index in [1.54, 1.807) is 18.7 Å². The summed E-state index contributed by atoms with van der Waals surface area (Å²) in [7, 11) is 0. The normalized spacial score (nSPS) is 10.9. The van der Waals surface area contributed by atoms with Crippen LogP contribution in [0.3, 0.4) is 0 Å². The van der Waals surface area contributed by atoms with E-state index >= 15 is 0 Å². The van der Waals surface area contributed by atoms with Gasteiger partial charge in [0, 0.05) is 23.4 Å². The molecule has 2 aromatic carbocycles. The third-order valence-corrected chi connectivity index (χ3v) is 4.45. The Morgan fingerprint density at radius 3 is 2.83 bits per heavy atom. The second-order valence-electron chi connectivity index (χ2n) is 5.08. The zero-order valence-electron chi connectivity index (χ0n) is 12.5. The number of carbonyl (C=O) groups is 1. The SMILES string of the molecule is Cc1nc2cc(NC(=O)CSCc3ccc(Cl)cc3)ccc2o1. The van der Waals surface area contributed by atoms with Crippen LogP contribution in [0.25, 0.3) is 11.1 Å². The van der Waals surface area contributed by atoms with Gasteiger partial charge in [0.05, 0.1) is 5.75 Å². The first kappa shape index (κ1) is 15.9. The molecule has 0 saturated carbocycles. The molecule has 0 bridgehead atoms. The highest BCUT2D eigenvalue weighted by atomic mass is 35.5. The fourth-order valence-electron chi connectivity index (χ4n) is 2.16. The van der Waals surface area contributed by atoms with Gasteiger partial charge in [-0.1, -0.05) is 23.7 Å². The van der Waals surface area contributed by atoms with Gasteiger partial charge in [-0.05, 0) is 35.9 Å². The van der Waals surface area contributed by atoms with E-state index in [2.05, 4.69) is 10.3 Å². The van der Waals surface area contributed by atoms with Crippen LogP contribution in [0, 0.1) is 6.92 Å². The van der Waals surface area contributed by atoms with Gasteiger partial charge >= 0.3 is 0 Å². The maximum absolute atomic E-state index is 12.0. The molecular weight excluding hydrogens is 332 g/mol. The van der Waals surface area contributed by atoms with Gasteiger partial charge in [0.2, 0.25) is 5.91 Å². The standard InChI is InChI=1S/C17H15ClN2O2S/c1-11-19-15-8-14(6-7-16(15)22-11)20-17(21)10-23-9-12-2-4-13(18)5-3-12/h2-8H,9-10H2,1H3,(H,20,21). The fraction of sp³-hybridized carbons (Fsp3) is 0.176. The van der Waals surface area contributed by atoms with Gasteiger partial charge in [-0.2, -0.15) is 0 Å². The molecule has 0 atom stereocenters. The Labute approximate surface area is 143 Å². The number of rotatable bonds is 5. The second-order valence-corrected chi connectivity index (χ2v) is 6.50. The maximum Gasteiger partial charge on any atom is 0.234 e. The number of carbonyl (C=O) groups excluding carboxylic acids is 1. The predicted molar refractivity (Wildman–Crippen MR) is 95.0 cm³/mol. The van der Waals surface area contributed by atoms with E-state index in [-0.39, 0.29) is 5.91 Å². The van der Waals surface area contributed by atoms with E-state index in [1.165, 1.54) is 0 Å². The third kappa shape index (κ3) is 4.27. The van der Waals surface area contributed by atoms with E-state index < -0.39 is 0 Å². The molecule has 0 radical (unpaired) electrons. The van der Waals surface area contributed by atoms with Crippen molar-refractivity contribution in [2.75, 3.05) is 11.1 Å². The minimum atomic E-state index is -0.0384. The number of benzene rings is 2. The van der Waals surface area contributed by atoms with E-state index in [0.29, 0.717) is 11.6 Å². The summed E-state index contributed by atoms with van der Waals surface area (Å²) in [6.45, 7) is 1.80. The number of hydrogen-bond donors (Lipinski definition) is 1. The summed E-state index contributed by atoms with van der Waals surface area (Å²) in [5.74, 6) is 1.73. The number of nitrogens with zero attached hydrogens (tertiary/aromatic N) is 1. The maximum atomic E-state index is 12.0. The molecule has 1 amide bonds. The summed E-state index contributed by atoms with van der Waals surface area (Å²) in [6, 6.07) is 13.1. The Morgan fingerprint density at radius 2 is 2.04 bits per heavy atom. The molecule has 118 valence electrons. The smallest absolute Gasteiger partial charge is 0.234 e. The topological polar surface area (TPSA) is 55.1 Å². The number of nitrogens with one attached hydrogen (secondary N) is 1. The minimum Gasteiger partial charge on any atom is -0.441 e. The zero-order valence-corrected chi connectivity index (χ0v) is 14.1. The van der Waals surface area contributed by atoms with Crippen molar-refractivity contribution < 1.29 is 9.21 Å². The van der Waals surface area contributed by atoms with E-state index in [9.17, 15) is 4.79 Å². The lowest BCUT2D eigenvalue weighted by molar-refractivity contribution is -0.113. The molecule has 0 aliphatic rings. The van der Waals surface area contributed by atoms with Gasteiger partial charge in [0.1, 0.15) is 5.52 Å². The molecule has 3 rings (SSSR count). The van der Waals surface area contributed by atoms with E-state index in [1.807, 2.05) is 42.5 Å². The Kier molecular flexibility index (Phi) is 4.88. The summed E-state index contributed by atoms with van der Waals surface area (Å²) < 4.78 is 5.41. The molecule has 23 heavy (non-hydrogen) atoms. The Hall–Kier alpha value is -1.98. The molecule has 0 aliphatic heterocycles. The molecule has 3 aromatic rings. The number of anilines is 1. The molecule has 1 aromatic heterocycles. The average Bonchev–Trinajstić information content (AvgIpc) is 2.88.